The lowest BCUT2D eigenvalue weighted by Crippen LogP contribution is -2.37. The average molecular weight is 387 g/mol. The van der Waals surface area contributed by atoms with Crippen LogP contribution in [-0.2, 0) is 21.2 Å². The second-order valence-electron chi connectivity index (χ2n) is 6.09. The molecular formula is C16H19ClN2O3S2. The molecule has 0 aliphatic carbocycles. The van der Waals surface area contributed by atoms with Crippen LogP contribution in [-0.4, -0.2) is 47.2 Å². The molecule has 5 nitrogen and oxygen atoms in total. The topological polar surface area (TPSA) is 66.8 Å². The molecule has 2 heterocycles. The molecule has 0 unspecified atom stereocenters. The van der Waals surface area contributed by atoms with Crippen LogP contribution in [0.4, 0.5) is 0 Å². The molecular weight excluding hydrogens is 368 g/mol. The number of aliphatic imine (C=N–C) groups is 1. The summed E-state index contributed by atoms with van der Waals surface area (Å²) in [6, 6.07) is 7.32. The van der Waals surface area contributed by atoms with E-state index in [-0.39, 0.29) is 28.7 Å². The molecule has 24 heavy (non-hydrogen) atoms. The minimum Gasteiger partial charge on any atom is -0.342 e. The summed E-state index contributed by atoms with van der Waals surface area (Å²) in [4.78, 5) is 18.1. The minimum atomic E-state index is -3.02. The van der Waals surface area contributed by atoms with Crippen LogP contribution in [0, 0.1) is 0 Å². The third-order valence-corrected chi connectivity index (χ3v) is 7.62. The van der Waals surface area contributed by atoms with E-state index < -0.39 is 9.84 Å². The van der Waals surface area contributed by atoms with Crippen LogP contribution >= 0.6 is 23.4 Å². The Morgan fingerprint density at radius 1 is 1.33 bits per heavy atom. The lowest BCUT2D eigenvalue weighted by molar-refractivity contribution is -0.117. The molecule has 3 rings (SSSR count). The molecule has 8 heteroatoms. The number of thioether (sulfide) groups is 1. The predicted molar refractivity (Wildman–Crippen MR) is 98.2 cm³/mol. The van der Waals surface area contributed by atoms with Gasteiger partial charge in [-0.25, -0.2) is 8.42 Å². The predicted octanol–water partition coefficient (Wildman–Crippen LogP) is 2.74. The number of benzene rings is 1. The molecule has 130 valence electrons. The highest BCUT2D eigenvalue weighted by Gasteiger charge is 2.48. The minimum absolute atomic E-state index is 0.0459. The van der Waals surface area contributed by atoms with Gasteiger partial charge in [0.25, 0.3) is 0 Å². The number of carbonyl (C=O) groups excluding carboxylic acids is 1. The molecule has 2 atom stereocenters. The van der Waals surface area contributed by atoms with E-state index >= 15 is 0 Å². The quantitative estimate of drug-likeness (QED) is 0.795. The first-order valence-electron chi connectivity index (χ1n) is 7.87. The standard InChI is InChI=1S/C16H19ClN2O3S2/c1-2-3-15(20)18-16-19(8-11-4-6-12(17)7-5-11)13-9-24(21,22)10-14(13)23-16/h4-7,13-14H,2-3,8-10H2,1H3/t13-,14-/m1/s1. The first-order chi connectivity index (χ1) is 11.4. The van der Waals surface area contributed by atoms with Crippen molar-refractivity contribution in [2.75, 3.05) is 11.5 Å². The number of amides is 1. The Bertz CT molecular complexity index is 762. The van der Waals surface area contributed by atoms with E-state index in [0.717, 1.165) is 12.0 Å². The third-order valence-electron chi connectivity index (χ3n) is 4.13. The summed E-state index contributed by atoms with van der Waals surface area (Å²) in [6.45, 7) is 2.46. The summed E-state index contributed by atoms with van der Waals surface area (Å²) in [6.07, 6.45) is 1.16. The highest BCUT2D eigenvalue weighted by atomic mass is 35.5. The molecule has 2 aliphatic heterocycles. The van der Waals surface area contributed by atoms with E-state index in [1.54, 1.807) is 0 Å². The van der Waals surface area contributed by atoms with E-state index in [0.29, 0.717) is 23.2 Å². The van der Waals surface area contributed by atoms with Crippen molar-refractivity contribution < 1.29 is 13.2 Å². The zero-order chi connectivity index (χ0) is 17.3. The Hall–Kier alpha value is -1.05. The van der Waals surface area contributed by atoms with Crippen LogP contribution in [0.5, 0.6) is 0 Å². The zero-order valence-electron chi connectivity index (χ0n) is 13.3. The van der Waals surface area contributed by atoms with E-state index in [4.69, 9.17) is 11.6 Å². The van der Waals surface area contributed by atoms with Crippen LogP contribution in [0.2, 0.25) is 5.02 Å². The molecule has 0 N–H and O–H groups in total. The van der Waals surface area contributed by atoms with Gasteiger partial charge in [0.2, 0.25) is 5.91 Å². The molecule has 0 spiro atoms. The summed E-state index contributed by atoms with van der Waals surface area (Å²) in [7, 11) is -3.02. The van der Waals surface area contributed by atoms with Gasteiger partial charge in [-0.15, -0.1) is 0 Å². The highest BCUT2D eigenvalue weighted by Crippen LogP contribution is 2.39. The van der Waals surface area contributed by atoms with Gasteiger partial charge in [-0.3, -0.25) is 4.79 Å². The zero-order valence-corrected chi connectivity index (χ0v) is 15.7. The molecule has 1 amide bonds. The van der Waals surface area contributed by atoms with Crippen molar-refractivity contribution in [3.63, 3.8) is 0 Å². The van der Waals surface area contributed by atoms with E-state index in [1.807, 2.05) is 36.1 Å². The van der Waals surface area contributed by atoms with Gasteiger partial charge < -0.3 is 4.90 Å². The second kappa shape index (κ2) is 7.06. The van der Waals surface area contributed by atoms with Crippen molar-refractivity contribution in [3.8, 4) is 0 Å². The fourth-order valence-electron chi connectivity index (χ4n) is 2.98. The Kier molecular flexibility index (Phi) is 5.22. The Morgan fingerprint density at radius 2 is 2.04 bits per heavy atom. The van der Waals surface area contributed by atoms with Crippen molar-refractivity contribution >= 4 is 44.3 Å². The first-order valence-corrected chi connectivity index (χ1v) is 11.0. The summed E-state index contributed by atoms with van der Waals surface area (Å²) in [5.74, 6) is 0.128. The number of hydrogen-bond donors (Lipinski definition) is 0. The maximum atomic E-state index is 12.0. The molecule has 2 aliphatic rings. The highest BCUT2D eigenvalue weighted by molar-refractivity contribution is 8.15. The van der Waals surface area contributed by atoms with E-state index in [2.05, 4.69) is 4.99 Å². The van der Waals surface area contributed by atoms with Gasteiger partial charge in [0.05, 0.1) is 17.5 Å². The van der Waals surface area contributed by atoms with Gasteiger partial charge in [-0.2, -0.15) is 4.99 Å². The lowest BCUT2D eigenvalue weighted by Gasteiger charge is -2.24. The molecule has 2 fully saturated rings. The van der Waals surface area contributed by atoms with Crippen LogP contribution in [0.25, 0.3) is 0 Å². The number of nitrogens with zero attached hydrogens (tertiary/aromatic N) is 2. The van der Waals surface area contributed by atoms with Crippen LogP contribution in [0.15, 0.2) is 29.3 Å². The monoisotopic (exact) mass is 386 g/mol. The van der Waals surface area contributed by atoms with Crippen molar-refractivity contribution in [3.05, 3.63) is 34.9 Å². The molecule has 2 saturated heterocycles. The van der Waals surface area contributed by atoms with Gasteiger partial charge >= 0.3 is 0 Å². The van der Waals surface area contributed by atoms with Crippen molar-refractivity contribution in [1.82, 2.24) is 4.90 Å². The maximum Gasteiger partial charge on any atom is 0.248 e. The van der Waals surface area contributed by atoms with Crippen molar-refractivity contribution in [2.45, 2.75) is 37.6 Å². The van der Waals surface area contributed by atoms with Gasteiger partial charge in [0.15, 0.2) is 15.0 Å². The van der Waals surface area contributed by atoms with Crippen LogP contribution in [0.1, 0.15) is 25.3 Å². The normalized spacial score (nSPS) is 26.8. The Labute approximate surface area is 151 Å². The number of hydrogen-bond acceptors (Lipinski definition) is 4. The van der Waals surface area contributed by atoms with Crippen molar-refractivity contribution in [2.24, 2.45) is 4.99 Å². The van der Waals surface area contributed by atoms with E-state index in [1.165, 1.54) is 11.8 Å². The maximum absolute atomic E-state index is 12.0. The molecule has 1 aromatic carbocycles. The summed E-state index contributed by atoms with van der Waals surface area (Å²) in [5, 5.41) is 1.26. The molecule has 0 bridgehead atoms. The van der Waals surface area contributed by atoms with Gasteiger partial charge in [0, 0.05) is 23.2 Å². The third kappa shape index (κ3) is 3.95. The average Bonchev–Trinajstić information content (AvgIpc) is 2.95. The fourth-order valence-corrected chi connectivity index (χ4v) is 7.08. The second-order valence-corrected chi connectivity index (χ2v) is 9.89. The number of rotatable bonds is 4. The summed E-state index contributed by atoms with van der Waals surface area (Å²) >= 11 is 7.34. The number of halogens is 1. The number of fused-ring (bicyclic) bond motifs is 1. The molecule has 1 aromatic rings. The summed E-state index contributed by atoms with van der Waals surface area (Å²) in [5.41, 5.74) is 1.01. The smallest absolute Gasteiger partial charge is 0.248 e. The number of amidine groups is 1. The van der Waals surface area contributed by atoms with Crippen LogP contribution in [0.3, 0.4) is 0 Å². The van der Waals surface area contributed by atoms with Crippen molar-refractivity contribution in [1.29, 1.82) is 0 Å². The molecule has 0 aromatic heterocycles. The fraction of sp³-hybridized carbons (Fsp3) is 0.500. The lowest BCUT2D eigenvalue weighted by atomic mass is 10.1. The largest absolute Gasteiger partial charge is 0.342 e. The Morgan fingerprint density at radius 3 is 2.71 bits per heavy atom. The molecule has 0 radical (unpaired) electrons. The van der Waals surface area contributed by atoms with Crippen LogP contribution < -0.4 is 0 Å². The molecule has 0 saturated carbocycles. The first kappa shape index (κ1) is 17.8. The summed E-state index contributed by atoms with van der Waals surface area (Å²) < 4.78 is 23.9. The van der Waals surface area contributed by atoms with E-state index in [9.17, 15) is 13.2 Å². The van der Waals surface area contributed by atoms with Gasteiger partial charge in [0.1, 0.15) is 0 Å². The van der Waals surface area contributed by atoms with Gasteiger partial charge in [-0.1, -0.05) is 42.4 Å². The number of carbonyl (C=O) groups is 1. The Balaban J connectivity index is 1.86. The SMILES string of the molecule is CCCC(=O)N=C1S[C@@H]2CS(=O)(=O)C[C@H]2N1Cc1ccc(Cl)cc1. The van der Waals surface area contributed by atoms with Gasteiger partial charge in [-0.05, 0) is 24.1 Å². The number of sulfone groups is 1.